The zero-order valence-corrected chi connectivity index (χ0v) is 12.7. The molecule has 5 heteroatoms. The highest BCUT2D eigenvalue weighted by Gasteiger charge is 2.39. The monoisotopic (exact) mass is 292 g/mol. The van der Waals surface area contributed by atoms with Crippen LogP contribution in [0.2, 0.25) is 0 Å². The van der Waals surface area contributed by atoms with Gasteiger partial charge in [-0.1, -0.05) is 13.8 Å². The Labute approximate surface area is 122 Å². The van der Waals surface area contributed by atoms with E-state index in [-0.39, 0.29) is 17.7 Å². The van der Waals surface area contributed by atoms with Crippen LogP contribution in [0.25, 0.3) is 0 Å². The summed E-state index contributed by atoms with van der Waals surface area (Å²) in [5, 5.41) is 0. The standard InChI is InChI=1S/C15H20N2O2S/c1-8-3-4-12-10(5-8)7-13(20-12)15(19)17-16-14(18)11-6-9(11)2/h7-9,11H,3-6H2,1-2H3,(H,16,18)(H,17,19)/t8-,9+,11-/m1/s1. The van der Waals surface area contributed by atoms with Gasteiger partial charge in [-0.15, -0.1) is 11.3 Å². The third-order valence-corrected chi connectivity index (χ3v) is 5.53. The number of aryl methyl sites for hydroxylation is 1. The van der Waals surface area contributed by atoms with Crippen molar-refractivity contribution in [1.29, 1.82) is 0 Å². The van der Waals surface area contributed by atoms with Gasteiger partial charge < -0.3 is 0 Å². The van der Waals surface area contributed by atoms with Crippen LogP contribution in [0.5, 0.6) is 0 Å². The molecule has 0 unspecified atom stereocenters. The van der Waals surface area contributed by atoms with E-state index >= 15 is 0 Å². The van der Waals surface area contributed by atoms with Crippen molar-refractivity contribution in [1.82, 2.24) is 10.9 Å². The minimum Gasteiger partial charge on any atom is -0.273 e. The van der Waals surface area contributed by atoms with E-state index < -0.39 is 0 Å². The first kappa shape index (κ1) is 13.6. The van der Waals surface area contributed by atoms with Gasteiger partial charge in [-0.25, -0.2) is 0 Å². The molecule has 108 valence electrons. The fourth-order valence-corrected chi connectivity index (χ4v) is 3.88. The Bertz CT molecular complexity index is 552. The lowest BCUT2D eigenvalue weighted by molar-refractivity contribution is -0.123. The first-order valence-electron chi connectivity index (χ1n) is 7.26. The third-order valence-electron chi connectivity index (χ3n) is 4.30. The minimum atomic E-state index is -0.196. The summed E-state index contributed by atoms with van der Waals surface area (Å²) in [6.45, 7) is 4.29. The van der Waals surface area contributed by atoms with Gasteiger partial charge in [0.25, 0.3) is 5.91 Å². The summed E-state index contributed by atoms with van der Waals surface area (Å²) in [4.78, 5) is 25.8. The van der Waals surface area contributed by atoms with E-state index in [0.717, 1.165) is 19.3 Å². The van der Waals surface area contributed by atoms with E-state index in [4.69, 9.17) is 0 Å². The number of carbonyl (C=O) groups excluding carboxylic acids is 2. The molecule has 4 nitrogen and oxygen atoms in total. The van der Waals surface area contributed by atoms with Gasteiger partial charge in [-0.2, -0.15) is 0 Å². The van der Waals surface area contributed by atoms with Crippen LogP contribution in [0.1, 0.15) is 46.8 Å². The van der Waals surface area contributed by atoms with Gasteiger partial charge in [-0.3, -0.25) is 20.4 Å². The molecule has 2 amide bonds. The molecule has 0 radical (unpaired) electrons. The largest absolute Gasteiger partial charge is 0.279 e. The SMILES string of the molecule is C[C@@H]1CCc2sc(C(=O)NNC(=O)[C@@H]3C[C@@H]3C)cc2C1. The van der Waals surface area contributed by atoms with Crippen LogP contribution >= 0.6 is 11.3 Å². The normalized spacial score (nSPS) is 27.6. The average molecular weight is 292 g/mol. The van der Waals surface area contributed by atoms with Crippen molar-refractivity contribution in [3.63, 3.8) is 0 Å². The van der Waals surface area contributed by atoms with Crippen molar-refractivity contribution in [3.05, 3.63) is 21.4 Å². The Kier molecular flexibility index (Phi) is 3.54. The molecular weight excluding hydrogens is 272 g/mol. The summed E-state index contributed by atoms with van der Waals surface area (Å²) < 4.78 is 0. The topological polar surface area (TPSA) is 58.2 Å². The quantitative estimate of drug-likeness (QED) is 0.822. The van der Waals surface area contributed by atoms with E-state index in [9.17, 15) is 9.59 Å². The third kappa shape index (κ3) is 2.73. The number of hydrogen-bond acceptors (Lipinski definition) is 3. The molecule has 0 saturated heterocycles. The summed E-state index contributed by atoms with van der Waals surface area (Å²) >= 11 is 1.56. The molecule has 1 aromatic heterocycles. The molecule has 2 aliphatic carbocycles. The molecule has 2 aliphatic rings. The van der Waals surface area contributed by atoms with Gasteiger partial charge in [0, 0.05) is 10.8 Å². The van der Waals surface area contributed by atoms with Crippen molar-refractivity contribution in [3.8, 4) is 0 Å². The maximum Gasteiger partial charge on any atom is 0.279 e. The van der Waals surface area contributed by atoms with Crippen LogP contribution in [0.4, 0.5) is 0 Å². The number of hydrogen-bond donors (Lipinski definition) is 2. The first-order valence-corrected chi connectivity index (χ1v) is 8.08. The van der Waals surface area contributed by atoms with E-state index in [1.807, 2.05) is 13.0 Å². The summed E-state index contributed by atoms with van der Waals surface area (Å²) in [6.07, 6.45) is 4.25. The van der Waals surface area contributed by atoms with Crippen LogP contribution in [0, 0.1) is 17.8 Å². The number of nitrogens with one attached hydrogen (secondary N) is 2. The number of fused-ring (bicyclic) bond motifs is 1. The fourth-order valence-electron chi connectivity index (χ4n) is 2.78. The second-order valence-electron chi connectivity index (χ2n) is 6.17. The van der Waals surface area contributed by atoms with Gasteiger partial charge >= 0.3 is 0 Å². The van der Waals surface area contributed by atoms with E-state index in [1.54, 1.807) is 11.3 Å². The molecule has 0 aliphatic heterocycles. The number of amides is 2. The molecular formula is C15H20N2O2S. The molecule has 20 heavy (non-hydrogen) atoms. The average Bonchev–Trinajstić information content (AvgIpc) is 3.00. The van der Waals surface area contributed by atoms with Crippen LogP contribution in [0.15, 0.2) is 6.07 Å². The second kappa shape index (κ2) is 5.20. The summed E-state index contributed by atoms with van der Waals surface area (Å²) in [7, 11) is 0. The number of thiophene rings is 1. The zero-order chi connectivity index (χ0) is 14.3. The molecule has 0 aromatic carbocycles. The highest BCUT2D eigenvalue weighted by Crippen LogP contribution is 2.37. The molecule has 0 bridgehead atoms. The Morgan fingerprint density at radius 3 is 2.75 bits per heavy atom. The second-order valence-corrected chi connectivity index (χ2v) is 7.31. The van der Waals surface area contributed by atoms with Crippen molar-refractivity contribution in [2.45, 2.75) is 39.5 Å². The van der Waals surface area contributed by atoms with Crippen LogP contribution in [-0.2, 0) is 17.6 Å². The molecule has 1 aromatic rings. The Hall–Kier alpha value is -1.36. The summed E-state index contributed by atoms with van der Waals surface area (Å²) in [5.74, 6) is 0.957. The Morgan fingerprint density at radius 2 is 2.05 bits per heavy atom. The Morgan fingerprint density at radius 1 is 1.30 bits per heavy atom. The fraction of sp³-hybridized carbons (Fsp3) is 0.600. The van der Waals surface area contributed by atoms with Gasteiger partial charge in [0.05, 0.1) is 4.88 Å². The molecule has 1 fully saturated rings. The smallest absolute Gasteiger partial charge is 0.273 e. The number of carbonyl (C=O) groups is 2. The first-order chi connectivity index (χ1) is 9.54. The molecule has 3 rings (SSSR count). The van der Waals surface area contributed by atoms with Gasteiger partial charge in [0.2, 0.25) is 5.91 Å². The van der Waals surface area contributed by atoms with Crippen LogP contribution in [0.3, 0.4) is 0 Å². The maximum absolute atomic E-state index is 12.1. The summed E-state index contributed by atoms with van der Waals surface area (Å²) in [6, 6.07) is 1.98. The highest BCUT2D eigenvalue weighted by molar-refractivity contribution is 7.14. The van der Waals surface area contributed by atoms with Gasteiger partial charge in [0.1, 0.15) is 0 Å². The van der Waals surface area contributed by atoms with Gasteiger partial charge in [-0.05, 0) is 49.1 Å². The van der Waals surface area contributed by atoms with Gasteiger partial charge in [0.15, 0.2) is 0 Å². The van der Waals surface area contributed by atoms with Crippen molar-refractivity contribution < 1.29 is 9.59 Å². The number of hydrazine groups is 1. The van der Waals surface area contributed by atoms with Crippen molar-refractivity contribution >= 4 is 23.2 Å². The van der Waals surface area contributed by atoms with E-state index in [0.29, 0.717) is 16.7 Å². The molecule has 1 heterocycles. The van der Waals surface area contributed by atoms with Crippen molar-refractivity contribution in [2.24, 2.45) is 17.8 Å². The predicted molar refractivity (Wildman–Crippen MR) is 78.4 cm³/mol. The lowest BCUT2D eigenvalue weighted by atomic mass is 9.90. The maximum atomic E-state index is 12.1. The van der Waals surface area contributed by atoms with E-state index in [2.05, 4.69) is 17.8 Å². The van der Waals surface area contributed by atoms with Crippen LogP contribution in [-0.4, -0.2) is 11.8 Å². The van der Waals surface area contributed by atoms with Crippen LogP contribution < -0.4 is 10.9 Å². The molecule has 1 saturated carbocycles. The highest BCUT2D eigenvalue weighted by atomic mass is 32.1. The molecule has 0 spiro atoms. The lowest BCUT2D eigenvalue weighted by Gasteiger charge is -2.16. The minimum absolute atomic E-state index is 0.0687. The Balaban J connectivity index is 1.59. The molecule has 2 N–H and O–H groups in total. The van der Waals surface area contributed by atoms with Crippen molar-refractivity contribution in [2.75, 3.05) is 0 Å². The zero-order valence-electron chi connectivity index (χ0n) is 11.9. The van der Waals surface area contributed by atoms with E-state index in [1.165, 1.54) is 16.9 Å². The predicted octanol–water partition coefficient (Wildman–Crippen LogP) is 2.29. The number of rotatable bonds is 2. The summed E-state index contributed by atoms with van der Waals surface area (Å²) in [5.41, 5.74) is 6.37. The molecule has 3 atom stereocenters. The lowest BCUT2D eigenvalue weighted by Crippen LogP contribution is -2.42.